The van der Waals surface area contributed by atoms with Crippen LogP contribution in [0.15, 0.2) is 0 Å². The summed E-state index contributed by atoms with van der Waals surface area (Å²) in [5.74, 6) is 0.168. The zero-order valence-corrected chi connectivity index (χ0v) is 8.60. The average Bonchev–Trinajstić information content (AvgIpc) is 2.68. The molecule has 0 aliphatic heterocycles. The summed E-state index contributed by atoms with van der Waals surface area (Å²) < 4.78 is 4.42. The van der Waals surface area contributed by atoms with Crippen molar-refractivity contribution in [2.45, 2.75) is 25.3 Å². The van der Waals surface area contributed by atoms with E-state index in [2.05, 4.69) is 10.1 Å². The molecule has 0 radical (unpaired) electrons. The molecule has 2 aliphatic carbocycles. The third kappa shape index (κ3) is 1.78. The third-order valence-electron chi connectivity index (χ3n) is 3.58. The Bertz CT molecular complexity index is 281. The summed E-state index contributed by atoms with van der Waals surface area (Å²) in [6, 6.07) is -0.771. The van der Waals surface area contributed by atoms with E-state index in [9.17, 15) is 9.59 Å². The molecule has 2 saturated carbocycles. The highest BCUT2D eigenvalue weighted by Crippen LogP contribution is 2.58. The van der Waals surface area contributed by atoms with Crippen LogP contribution in [-0.2, 0) is 9.53 Å². The van der Waals surface area contributed by atoms with E-state index in [0.29, 0.717) is 11.8 Å². The molecule has 5 nitrogen and oxygen atoms in total. The van der Waals surface area contributed by atoms with Crippen LogP contribution < -0.4 is 5.32 Å². The molecule has 2 aliphatic rings. The SMILES string of the molecule is COC(=O)NC(C(=O)O)[C@H]1[C@@H]2CCC[C@@H]21. The summed E-state index contributed by atoms with van der Waals surface area (Å²) >= 11 is 0. The van der Waals surface area contributed by atoms with Gasteiger partial charge in [-0.05, 0) is 30.6 Å². The van der Waals surface area contributed by atoms with Gasteiger partial charge in [0.25, 0.3) is 0 Å². The van der Waals surface area contributed by atoms with Crippen molar-refractivity contribution < 1.29 is 19.4 Å². The normalized spacial score (nSPS) is 34.1. The van der Waals surface area contributed by atoms with E-state index in [0.717, 1.165) is 12.8 Å². The number of rotatable bonds is 3. The summed E-state index contributed by atoms with van der Waals surface area (Å²) in [4.78, 5) is 22.0. The molecule has 0 aromatic carbocycles. The number of methoxy groups -OCH3 is 1. The maximum absolute atomic E-state index is 11.0. The van der Waals surface area contributed by atoms with Crippen molar-refractivity contribution >= 4 is 12.1 Å². The molecule has 84 valence electrons. The van der Waals surface area contributed by atoms with E-state index in [-0.39, 0.29) is 5.92 Å². The second kappa shape index (κ2) is 3.72. The first-order valence-electron chi connectivity index (χ1n) is 5.22. The minimum absolute atomic E-state index is 0.121. The van der Waals surface area contributed by atoms with E-state index in [1.165, 1.54) is 13.5 Å². The number of fused-ring (bicyclic) bond motifs is 1. The van der Waals surface area contributed by atoms with Gasteiger partial charge in [-0.1, -0.05) is 6.42 Å². The average molecular weight is 213 g/mol. The molecule has 0 aromatic heterocycles. The maximum Gasteiger partial charge on any atom is 0.407 e. The van der Waals surface area contributed by atoms with Crippen LogP contribution in [0.2, 0.25) is 0 Å². The van der Waals surface area contributed by atoms with Gasteiger partial charge in [0.1, 0.15) is 6.04 Å². The van der Waals surface area contributed by atoms with Crippen molar-refractivity contribution in [2.24, 2.45) is 17.8 Å². The Kier molecular flexibility index (Phi) is 2.54. The lowest BCUT2D eigenvalue weighted by Gasteiger charge is -2.15. The van der Waals surface area contributed by atoms with E-state index >= 15 is 0 Å². The van der Waals surface area contributed by atoms with Crippen molar-refractivity contribution in [2.75, 3.05) is 7.11 Å². The van der Waals surface area contributed by atoms with Crippen LogP contribution in [0.3, 0.4) is 0 Å². The smallest absolute Gasteiger partial charge is 0.407 e. The fourth-order valence-corrected chi connectivity index (χ4v) is 2.88. The molecule has 0 spiro atoms. The van der Waals surface area contributed by atoms with Gasteiger partial charge in [0.2, 0.25) is 0 Å². The Morgan fingerprint density at radius 3 is 2.47 bits per heavy atom. The Morgan fingerprint density at radius 1 is 1.40 bits per heavy atom. The molecule has 15 heavy (non-hydrogen) atoms. The van der Waals surface area contributed by atoms with E-state index < -0.39 is 18.1 Å². The molecular formula is C10H15NO4. The number of carboxylic acids is 1. The molecule has 0 aromatic rings. The number of aliphatic carboxylic acids is 1. The second-order valence-corrected chi connectivity index (χ2v) is 4.29. The van der Waals surface area contributed by atoms with Gasteiger partial charge < -0.3 is 15.2 Å². The van der Waals surface area contributed by atoms with Crippen molar-refractivity contribution in [1.82, 2.24) is 5.32 Å². The quantitative estimate of drug-likeness (QED) is 0.728. The fraction of sp³-hybridized carbons (Fsp3) is 0.800. The minimum Gasteiger partial charge on any atom is -0.480 e. The number of ether oxygens (including phenoxy) is 1. The van der Waals surface area contributed by atoms with Gasteiger partial charge in [-0.15, -0.1) is 0 Å². The van der Waals surface area contributed by atoms with Crippen LogP contribution in [0.4, 0.5) is 4.79 Å². The number of carbonyl (C=O) groups excluding carboxylic acids is 1. The van der Waals surface area contributed by atoms with Gasteiger partial charge in [0.15, 0.2) is 0 Å². The van der Waals surface area contributed by atoms with E-state index in [1.54, 1.807) is 0 Å². The molecule has 2 fully saturated rings. The highest BCUT2D eigenvalue weighted by molar-refractivity contribution is 5.80. The van der Waals surface area contributed by atoms with Crippen LogP contribution in [-0.4, -0.2) is 30.3 Å². The van der Waals surface area contributed by atoms with Crippen LogP contribution >= 0.6 is 0 Å². The first kappa shape index (κ1) is 10.3. The lowest BCUT2D eigenvalue weighted by atomic mass is 10.0. The number of alkyl carbamates (subject to hydrolysis) is 1. The zero-order chi connectivity index (χ0) is 11.0. The van der Waals surface area contributed by atoms with Crippen molar-refractivity contribution in [1.29, 1.82) is 0 Å². The number of carbonyl (C=O) groups is 2. The number of carboxylic acid groups (broad SMARTS) is 1. The van der Waals surface area contributed by atoms with Gasteiger partial charge in [0, 0.05) is 0 Å². The predicted molar refractivity (Wildman–Crippen MR) is 51.3 cm³/mol. The Balaban J connectivity index is 1.96. The minimum atomic E-state index is -0.959. The van der Waals surface area contributed by atoms with Crippen molar-refractivity contribution in [3.63, 3.8) is 0 Å². The number of hydrogen-bond donors (Lipinski definition) is 2. The Labute approximate surface area is 87.8 Å². The van der Waals surface area contributed by atoms with Crippen LogP contribution in [0.5, 0.6) is 0 Å². The van der Waals surface area contributed by atoms with Gasteiger partial charge in [-0.2, -0.15) is 0 Å². The van der Waals surface area contributed by atoms with Gasteiger partial charge in [-0.25, -0.2) is 9.59 Å². The first-order valence-corrected chi connectivity index (χ1v) is 5.22. The predicted octanol–water partition coefficient (Wildman–Crippen LogP) is 0.842. The highest BCUT2D eigenvalue weighted by atomic mass is 16.5. The van der Waals surface area contributed by atoms with Crippen molar-refractivity contribution in [3.05, 3.63) is 0 Å². The zero-order valence-electron chi connectivity index (χ0n) is 8.60. The second-order valence-electron chi connectivity index (χ2n) is 4.29. The molecular weight excluding hydrogens is 198 g/mol. The Morgan fingerprint density at radius 2 is 2.00 bits per heavy atom. The first-order chi connectivity index (χ1) is 7.15. The lowest BCUT2D eigenvalue weighted by Crippen LogP contribution is -2.43. The number of nitrogens with one attached hydrogen (secondary N) is 1. The number of amides is 1. The molecule has 0 bridgehead atoms. The molecule has 5 heteroatoms. The largest absolute Gasteiger partial charge is 0.480 e. The van der Waals surface area contributed by atoms with E-state index in [4.69, 9.17) is 5.11 Å². The summed E-state index contributed by atoms with van der Waals surface area (Å²) in [6.45, 7) is 0. The summed E-state index contributed by atoms with van der Waals surface area (Å²) in [5.41, 5.74) is 0. The lowest BCUT2D eigenvalue weighted by molar-refractivity contribution is -0.140. The van der Waals surface area contributed by atoms with Gasteiger partial charge >= 0.3 is 12.1 Å². The summed E-state index contributed by atoms with van der Waals surface area (Å²) in [6.07, 6.45) is 2.73. The maximum atomic E-state index is 11.0. The molecule has 1 amide bonds. The topological polar surface area (TPSA) is 75.6 Å². The van der Waals surface area contributed by atoms with Crippen molar-refractivity contribution in [3.8, 4) is 0 Å². The highest BCUT2D eigenvalue weighted by Gasteiger charge is 2.58. The Hall–Kier alpha value is -1.26. The van der Waals surface area contributed by atoms with Gasteiger partial charge in [0.05, 0.1) is 7.11 Å². The van der Waals surface area contributed by atoms with Gasteiger partial charge in [-0.3, -0.25) is 0 Å². The fourth-order valence-electron chi connectivity index (χ4n) is 2.88. The molecule has 0 heterocycles. The molecule has 2 N–H and O–H groups in total. The van der Waals surface area contributed by atoms with Crippen LogP contribution in [0.1, 0.15) is 19.3 Å². The molecule has 1 unspecified atom stereocenters. The third-order valence-corrected chi connectivity index (χ3v) is 3.58. The van der Waals surface area contributed by atoms with Crippen LogP contribution in [0.25, 0.3) is 0 Å². The monoisotopic (exact) mass is 213 g/mol. The summed E-state index contributed by atoms with van der Waals surface area (Å²) in [5, 5.41) is 11.4. The van der Waals surface area contributed by atoms with E-state index in [1.807, 2.05) is 0 Å². The molecule has 4 atom stereocenters. The number of hydrogen-bond acceptors (Lipinski definition) is 3. The molecule has 0 saturated heterocycles. The van der Waals surface area contributed by atoms with Crippen LogP contribution in [0, 0.1) is 17.8 Å². The summed E-state index contributed by atoms with van der Waals surface area (Å²) in [7, 11) is 1.24. The molecule has 2 rings (SSSR count). The standard InChI is InChI=1S/C10H15NO4/c1-15-10(14)11-8(9(12)13)7-5-3-2-4-6(5)7/h5-8H,2-4H2,1H3,(H,11,14)(H,12,13)/t5-,6+,7+,8?.